The van der Waals surface area contributed by atoms with Crippen molar-refractivity contribution in [1.29, 1.82) is 0 Å². The minimum atomic E-state index is -0.325. The van der Waals surface area contributed by atoms with Crippen LogP contribution < -0.4 is 0 Å². The number of nitrogens with zero attached hydrogens (tertiary/aromatic N) is 3. The van der Waals surface area contributed by atoms with E-state index in [9.17, 15) is 4.39 Å². The Kier molecular flexibility index (Phi) is 3.65. The van der Waals surface area contributed by atoms with Crippen LogP contribution in [0.1, 0.15) is 5.56 Å². The summed E-state index contributed by atoms with van der Waals surface area (Å²) in [5.74, 6) is -0.325. The summed E-state index contributed by atoms with van der Waals surface area (Å²) in [6.45, 7) is 1.99. The van der Waals surface area contributed by atoms with E-state index in [-0.39, 0.29) is 5.82 Å². The molecule has 0 aliphatic heterocycles. The molecule has 0 radical (unpaired) electrons. The van der Waals surface area contributed by atoms with Crippen molar-refractivity contribution >= 4 is 27.0 Å². The van der Waals surface area contributed by atoms with Gasteiger partial charge in [0.15, 0.2) is 0 Å². The Labute approximate surface area is 146 Å². The summed E-state index contributed by atoms with van der Waals surface area (Å²) in [6.07, 6.45) is 3.38. The molecular formula is C19H13BrFN3. The number of imidazole rings is 1. The summed E-state index contributed by atoms with van der Waals surface area (Å²) < 4.78 is 17.1. The van der Waals surface area contributed by atoms with Gasteiger partial charge in [-0.25, -0.2) is 9.37 Å². The predicted octanol–water partition coefficient (Wildman–Crippen LogP) is 5.30. The van der Waals surface area contributed by atoms with Gasteiger partial charge in [-0.05, 0) is 61.0 Å². The average Bonchev–Trinajstić information content (AvgIpc) is 2.97. The van der Waals surface area contributed by atoms with Crippen molar-refractivity contribution in [3.63, 3.8) is 0 Å². The van der Waals surface area contributed by atoms with Crippen LogP contribution >= 0.6 is 15.9 Å². The van der Waals surface area contributed by atoms with Gasteiger partial charge in [0.25, 0.3) is 0 Å². The van der Waals surface area contributed by atoms with E-state index in [1.807, 2.05) is 47.9 Å². The number of hydrogen-bond acceptors (Lipinski definition) is 2. The van der Waals surface area contributed by atoms with Gasteiger partial charge in [-0.15, -0.1) is 0 Å². The van der Waals surface area contributed by atoms with E-state index in [0.717, 1.165) is 32.3 Å². The smallest absolute Gasteiger partial charge is 0.149 e. The fourth-order valence-electron chi connectivity index (χ4n) is 2.83. The Morgan fingerprint density at radius 1 is 1.04 bits per heavy atom. The summed E-state index contributed by atoms with van der Waals surface area (Å²) in [7, 11) is 0. The van der Waals surface area contributed by atoms with Crippen molar-refractivity contribution in [2.75, 3.05) is 0 Å². The lowest BCUT2D eigenvalue weighted by Gasteiger charge is -2.10. The first-order valence-corrected chi connectivity index (χ1v) is 8.27. The largest absolute Gasteiger partial charge is 0.299 e. The van der Waals surface area contributed by atoms with Crippen LogP contribution in [0.25, 0.3) is 28.0 Å². The van der Waals surface area contributed by atoms with Crippen LogP contribution in [0.5, 0.6) is 0 Å². The average molecular weight is 382 g/mol. The second-order valence-electron chi connectivity index (χ2n) is 5.64. The standard InChI is InChI=1S/C19H13BrFN3/c1-12-7-13(19-16(21)3-2-6-22-19)9-15(8-12)24-11-23-17-10-14(20)4-5-18(17)24/h2-11H,1H3. The summed E-state index contributed by atoms with van der Waals surface area (Å²) in [6, 6.07) is 14.9. The first-order chi connectivity index (χ1) is 11.6. The highest BCUT2D eigenvalue weighted by molar-refractivity contribution is 9.10. The molecule has 0 unspecified atom stereocenters. The van der Waals surface area contributed by atoms with E-state index < -0.39 is 0 Å². The minimum absolute atomic E-state index is 0.325. The number of fused-ring (bicyclic) bond motifs is 1. The molecule has 0 spiro atoms. The van der Waals surface area contributed by atoms with Crippen molar-refractivity contribution in [3.8, 4) is 16.9 Å². The van der Waals surface area contributed by atoms with E-state index in [2.05, 4.69) is 25.9 Å². The van der Waals surface area contributed by atoms with Gasteiger partial charge in [0.1, 0.15) is 17.8 Å². The number of benzene rings is 2. The van der Waals surface area contributed by atoms with Crippen LogP contribution in [0.3, 0.4) is 0 Å². The number of aromatic nitrogens is 3. The number of hydrogen-bond donors (Lipinski definition) is 0. The number of aryl methyl sites for hydroxylation is 1. The summed E-state index contributed by atoms with van der Waals surface area (Å²) >= 11 is 3.46. The van der Waals surface area contributed by atoms with Gasteiger partial charge in [0, 0.05) is 21.9 Å². The van der Waals surface area contributed by atoms with E-state index in [0.29, 0.717) is 5.69 Å². The lowest BCUT2D eigenvalue weighted by Crippen LogP contribution is -1.96. The molecule has 2 heterocycles. The number of rotatable bonds is 2. The third-order valence-electron chi connectivity index (χ3n) is 3.88. The summed E-state index contributed by atoms with van der Waals surface area (Å²) in [4.78, 5) is 8.63. The van der Waals surface area contributed by atoms with Crippen LogP contribution in [0.2, 0.25) is 0 Å². The van der Waals surface area contributed by atoms with E-state index in [1.165, 1.54) is 6.07 Å². The zero-order chi connectivity index (χ0) is 16.7. The highest BCUT2D eigenvalue weighted by Crippen LogP contribution is 2.27. The summed E-state index contributed by atoms with van der Waals surface area (Å²) in [5.41, 5.74) is 4.97. The fraction of sp³-hybridized carbons (Fsp3) is 0.0526. The molecule has 2 aromatic heterocycles. The van der Waals surface area contributed by atoms with Crippen molar-refractivity contribution in [2.24, 2.45) is 0 Å². The SMILES string of the molecule is Cc1cc(-c2ncccc2F)cc(-n2cnc3cc(Br)ccc32)c1. The lowest BCUT2D eigenvalue weighted by molar-refractivity contribution is 0.625. The second kappa shape index (κ2) is 5.83. The Morgan fingerprint density at radius 2 is 1.92 bits per heavy atom. The van der Waals surface area contributed by atoms with E-state index in [1.54, 1.807) is 18.6 Å². The van der Waals surface area contributed by atoms with Crippen LogP contribution in [0.4, 0.5) is 4.39 Å². The Bertz CT molecular complexity index is 1060. The molecule has 0 aliphatic rings. The van der Waals surface area contributed by atoms with Crippen molar-refractivity contribution in [1.82, 2.24) is 14.5 Å². The molecule has 0 aliphatic carbocycles. The molecule has 3 nitrogen and oxygen atoms in total. The zero-order valence-corrected chi connectivity index (χ0v) is 14.5. The molecule has 0 amide bonds. The monoisotopic (exact) mass is 381 g/mol. The first-order valence-electron chi connectivity index (χ1n) is 7.47. The molecule has 5 heteroatoms. The molecule has 2 aromatic carbocycles. The maximum absolute atomic E-state index is 14.1. The van der Waals surface area contributed by atoms with Crippen LogP contribution in [-0.4, -0.2) is 14.5 Å². The lowest BCUT2D eigenvalue weighted by atomic mass is 10.1. The number of halogens is 2. The highest BCUT2D eigenvalue weighted by Gasteiger charge is 2.10. The van der Waals surface area contributed by atoms with Gasteiger partial charge in [-0.3, -0.25) is 9.55 Å². The molecule has 0 saturated carbocycles. The molecule has 24 heavy (non-hydrogen) atoms. The third kappa shape index (κ3) is 2.61. The summed E-state index contributed by atoms with van der Waals surface area (Å²) in [5, 5.41) is 0. The van der Waals surface area contributed by atoms with Gasteiger partial charge >= 0.3 is 0 Å². The van der Waals surface area contributed by atoms with Crippen molar-refractivity contribution < 1.29 is 4.39 Å². The Balaban J connectivity index is 1.91. The first kappa shape index (κ1) is 15.0. The molecule has 4 rings (SSSR count). The highest BCUT2D eigenvalue weighted by atomic mass is 79.9. The topological polar surface area (TPSA) is 30.7 Å². The van der Waals surface area contributed by atoms with Crippen LogP contribution in [0, 0.1) is 12.7 Å². The maximum Gasteiger partial charge on any atom is 0.149 e. The van der Waals surface area contributed by atoms with E-state index in [4.69, 9.17) is 0 Å². The molecule has 118 valence electrons. The molecule has 0 fully saturated rings. The molecule has 0 saturated heterocycles. The molecule has 4 aromatic rings. The quantitative estimate of drug-likeness (QED) is 0.471. The molecule has 0 atom stereocenters. The molecular weight excluding hydrogens is 369 g/mol. The fourth-order valence-corrected chi connectivity index (χ4v) is 3.18. The van der Waals surface area contributed by atoms with Gasteiger partial charge in [-0.1, -0.05) is 15.9 Å². The van der Waals surface area contributed by atoms with Gasteiger partial charge in [0.05, 0.1) is 11.0 Å². The van der Waals surface area contributed by atoms with Crippen molar-refractivity contribution in [2.45, 2.75) is 6.92 Å². The normalized spacial score (nSPS) is 11.1. The van der Waals surface area contributed by atoms with Gasteiger partial charge in [-0.2, -0.15) is 0 Å². The van der Waals surface area contributed by atoms with Crippen LogP contribution in [-0.2, 0) is 0 Å². The number of pyridine rings is 1. The molecule has 0 N–H and O–H groups in total. The van der Waals surface area contributed by atoms with E-state index >= 15 is 0 Å². The Morgan fingerprint density at radius 3 is 2.75 bits per heavy atom. The second-order valence-corrected chi connectivity index (χ2v) is 6.55. The van der Waals surface area contributed by atoms with Gasteiger partial charge in [0.2, 0.25) is 0 Å². The Hall–Kier alpha value is -2.53. The zero-order valence-electron chi connectivity index (χ0n) is 12.9. The minimum Gasteiger partial charge on any atom is -0.299 e. The van der Waals surface area contributed by atoms with Crippen LogP contribution in [0.15, 0.2) is 65.5 Å². The predicted molar refractivity (Wildman–Crippen MR) is 96.7 cm³/mol. The van der Waals surface area contributed by atoms with Gasteiger partial charge < -0.3 is 0 Å². The van der Waals surface area contributed by atoms with Crippen molar-refractivity contribution in [3.05, 3.63) is 76.9 Å². The molecule has 0 bridgehead atoms. The maximum atomic E-state index is 14.1. The third-order valence-corrected chi connectivity index (χ3v) is 4.37.